The van der Waals surface area contributed by atoms with Crippen molar-refractivity contribution in [1.82, 2.24) is 0 Å². The van der Waals surface area contributed by atoms with Crippen LogP contribution in [-0.2, 0) is 0 Å². The van der Waals surface area contributed by atoms with E-state index in [-0.39, 0.29) is 0 Å². The quantitative estimate of drug-likeness (QED) is 0.476. The average Bonchev–Trinajstić information content (AvgIpc) is 2.12. The summed E-state index contributed by atoms with van der Waals surface area (Å²) in [6, 6.07) is 0.426. The number of hydrogen-bond donors (Lipinski definition) is 1. The van der Waals surface area contributed by atoms with Gasteiger partial charge in [-0.3, -0.25) is 0 Å². The van der Waals surface area contributed by atoms with Crippen molar-refractivity contribution in [1.29, 1.82) is 0 Å². The van der Waals surface area contributed by atoms with E-state index in [0.29, 0.717) is 11.1 Å². The Balaban J connectivity index is 2.24. The highest BCUT2D eigenvalue weighted by atomic mass is 16.5. The van der Waals surface area contributed by atoms with Crippen LogP contribution in [0, 0.1) is 5.21 Å². The van der Waals surface area contributed by atoms with Crippen molar-refractivity contribution in [2.75, 3.05) is 7.05 Å². The normalized spacial score (nSPS) is 26.2. The van der Waals surface area contributed by atoms with Crippen LogP contribution >= 0.6 is 0 Å². The van der Waals surface area contributed by atoms with E-state index in [9.17, 15) is 5.21 Å². The molecule has 0 spiro atoms. The molecule has 1 aliphatic carbocycles. The Bertz CT molecular complexity index is 66.9. The van der Waals surface area contributed by atoms with Gasteiger partial charge in [-0.05, 0) is 25.7 Å². The molecule has 1 unspecified atom stereocenters. The number of rotatable bonds is 1. The summed E-state index contributed by atoms with van der Waals surface area (Å²) in [7, 11) is 1.70. The zero-order chi connectivity index (χ0) is 5.98. The highest BCUT2D eigenvalue weighted by Crippen LogP contribution is 2.14. The molecule has 2 nitrogen and oxygen atoms in total. The van der Waals surface area contributed by atoms with Crippen LogP contribution in [0.2, 0.25) is 0 Å². The molecule has 1 rings (SSSR count). The zero-order valence-corrected chi connectivity index (χ0v) is 5.31. The smallest absolute Gasteiger partial charge is 0.0869 e. The van der Waals surface area contributed by atoms with Crippen LogP contribution in [0.25, 0.3) is 0 Å². The van der Waals surface area contributed by atoms with Crippen molar-refractivity contribution < 1.29 is 5.06 Å². The molecule has 0 amide bonds. The van der Waals surface area contributed by atoms with Gasteiger partial charge >= 0.3 is 0 Å². The minimum Gasteiger partial charge on any atom is -0.634 e. The Kier molecular flexibility index (Phi) is 1.86. The highest BCUT2D eigenvalue weighted by molar-refractivity contribution is 4.64. The maximum absolute atomic E-state index is 10.6. The van der Waals surface area contributed by atoms with Gasteiger partial charge in [-0.1, -0.05) is 0 Å². The summed E-state index contributed by atoms with van der Waals surface area (Å²) in [6.07, 6.45) is 4.83. The molecule has 1 fully saturated rings. The first-order chi connectivity index (χ1) is 3.80. The summed E-state index contributed by atoms with van der Waals surface area (Å²) >= 11 is 0. The summed E-state index contributed by atoms with van der Waals surface area (Å²) < 4.78 is 0. The molecular formula is C6H13NO. The first kappa shape index (κ1) is 6.05. The standard InChI is InChI=1S/C6H13NO/c1-7(8)6-4-2-3-5-6/h6-7H,2-5H2,1H3. The van der Waals surface area contributed by atoms with E-state index in [0.717, 1.165) is 12.8 Å². The Labute approximate surface area is 50.1 Å². The molecule has 0 aromatic carbocycles. The lowest BCUT2D eigenvalue weighted by Crippen LogP contribution is -3.07. The Hall–Kier alpha value is -0.0800. The van der Waals surface area contributed by atoms with Gasteiger partial charge in [-0.2, -0.15) is 0 Å². The van der Waals surface area contributed by atoms with E-state index in [1.807, 2.05) is 0 Å². The third-order valence-electron chi connectivity index (χ3n) is 1.93. The van der Waals surface area contributed by atoms with Crippen LogP contribution in [-0.4, -0.2) is 13.1 Å². The SMILES string of the molecule is C[NH+]([O-])C1CCCC1. The monoisotopic (exact) mass is 115 g/mol. The Morgan fingerprint density at radius 3 is 2.12 bits per heavy atom. The highest BCUT2D eigenvalue weighted by Gasteiger charge is 2.17. The lowest BCUT2D eigenvalue weighted by Gasteiger charge is -2.23. The van der Waals surface area contributed by atoms with E-state index in [1.54, 1.807) is 7.05 Å². The lowest BCUT2D eigenvalue weighted by atomic mass is 10.3. The van der Waals surface area contributed by atoms with Crippen molar-refractivity contribution in [2.45, 2.75) is 31.7 Å². The van der Waals surface area contributed by atoms with Crippen molar-refractivity contribution in [3.63, 3.8) is 0 Å². The molecule has 2 heteroatoms. The summed E-state index contributed by atoms with van der Waals surface area (Å²) in [6.45, 7) is 0. The van der Waals surface area contributed by atoms with E-state index >= 15 is 0 Å². The van der Waals surface area contributed by atoms with Gasteiger partial charge in [0.25, 0.3) is 0 Å². The second-order valence-corrected chi connectivity index (χ2v) is 2.59. The van der Waals surface area contributed by atoms with Crippen LogP contribution in [0.1, 0.15) is 25.7 Å². The molecule has 1 saturated carbocycles. The maximum Gasteiger partial charge on any atom is 0.0869 e. The molecule has 0 aromatic heterocycles. The second kappa shape index (κ2) is 2.46. The number of nitrogens with one attached hydrogen (secondary N) is 1. The predicted octanol–water partition coefficient (Wildman–Crippen LogP) is -0.0585. The van der Waals surface area contributed by atoms with Crippen molar-refractivity contribution in [3.05, 3.63) is 5.21 Å². The summed E-state index contributed by atoms with van der Waals surface area (Å²) in [4.78, 5) is 0. The molecule has 0 aromatic rings. The molecule has 0 radical (unpaired) electrons. The number of hydroxylamine groups is 2. The molecule has 1 N–H and O–H groups in total. The molecule has 48 valence electrons. The molecule has 1 atom stereocenters. The van der Waals surface area contributed by atoms with Crippen molar-refractivity contribution in [2.24, 2.45) is 0 Å². The minimum absolute atomic E-state index is 0.391. The van der Waals surface area contributed by atoms with E-state index in [4.69, 9.17) is 0 Å². The van der Waals surface area contributed by atoms with E-state index < -0.39 is 0 Å². The number of quaternary nitrogens is 1. The lowest BCUT2D eigenvalue weighted by molar-refractivity contribution is -0.853. The fourth-order valence-corrected chi connectivity index (χ4v) is 1.33. The van der Waals surface area contributed by atoms with Gasteiger partial charge in [0.15, 0.2) is 0 Å². The van der Waals surface area contributed by atoms with Gasteiger partial charge in [-0.15, -0.1) is 0 Å². The summed E-state index contributed by atoms with van der Waals surface area (Å²) in [5.74, 6) is 0. The molecule has 0 aliphatic heterocycles. The van der Waals surface area contributed by atoms with E-state index in [1.165, 1.54) is 12.8 Å². The van der Waals surface area contributed by atoms with Crippen LogP contribution in [0.5, 0.6) is 0 Å². The van der Waals surface area contributed by atoms with E-state index in [2.05, 4.69) is 0 Å². The van der Waals surface area contributed by atoms with Gasteiger partial charge in [0, 0.05) is 0 Å². The van der Waals surface area contributed by atoms with Crippen molar-refractivity contribution >= 4 is 0 Å². The first-order valence-electron chi connectivity index (χ1n) is 3.31. The second-order valence-electron chi connectivity index (χ2n) is 2.59. The largest absolute Gasteiger partial charge is 0.634 e. The third-order valence-corrected chi connectivity index (χ3v) is 1.93. The topological polar surface area (TPSA) is 27.5 Å². The molecule has 0 saturated heterocycles. The molecule has 8 heavy (non-hydrogen) atoms. The first-order valence-corrected chi connectivity index (χ1v) is 3.31. The maximum atomic E-state index is 10.6. The third kappa shape index (κ3) is 1.20. The van der Waals surface area contributed by atoms with Gasteiger partial charge in [0.05, 0.1) is 13.1 Å². The summed E-state index contributed by atoms with van der Waals surface area (Å²) in [5, 5.41) is 11.0. The van der Waals surface area contributed by atoms with Crippen LogP contribution in [0.3, 0.4) is 0 Å². The fourth-order valence-electron chi connectivity index (χ4n) is 1.33. The van der Waals surface area contributed by atoms with Crippen molar-refractivity contribution in [3.8, 4) is 0 Å². The Morgan fingerprint density at radius 1 is 1.38 bits per heavy atom. The van der Waals surface area contributed by atoms with Crippen LogP contribution < -0.4 is 5.06 Å². The van der Waals surface area contributed by atoms with Gasteiger partial charge in [-0.25, -0.2) is 0 Å². The molecule has 1 aliphatic rings. The fraction of sp³-hybridized carbons (Fsp3) is 1.00. The Morgan fingerprint density at radius 2 is 1.88 bits per heavy atom. The van der Waals surface area contributed by atoms with Gasteiger partial charge in [0.2, 0.25) is 0 Å². The average molecular weight is 115 g/mol. The number of hydrogen-bond acceptors (Lipinski definition) is 1. The molecule has 0 heterocycles. The summed E-state index contributed by atoms with van der Waals surface area (Å²) in [5.41, 5.74) is 0. The van der Waals surface area contributed by atoms with Gasteiger partial charge in [0.1, 0.15) is 0 Å². The minimum atomic E-state index is 0.391. The predicted molar refractivity (Wildman–Crippen MR) is 32.5 cm³/mol. The van der Waals surface area contributed by atoms with Crippen LogP contribution in [0.15, 0.2) is 0 Å². The molecule has 0 bridgehead atoms. The molecular weight excluding hydrogens is 102 g/mol. The zero-order valence-electron chi connectivity index (χ0n) is 5.31. The van der Waals surface area contributed by atoms with Crippen LogP contribution in [0.4, 0.5) is 0 Å². The van der Waals surface area contributed by atoms with Gasteiger partial charge < -0.3 is 10.3 Å².